The lowest BCUT2D eigenvalue weighted by Gasteiger charge is -2.30. The van der Waals surface area contributed by atoms with Crippen molar-refractivity contribution < 1.29 is 4.39 Å². The standard InChI is InChI=1S/C20H20FN3/c1-15-8-12-22-18(19(15)21)7-3-6-17-9-13-24(14-10-17)20-16(2)5-4-11-23-20/h4-6,8,11-12H,9-10,13-14H2,1-2H3. The van der Waals surface area contributed by atoms with Crippen molar-refractivity contribution in [2.75, 3.05) is 18.0 Å². The van der Waals surface area contributed by atoms with E-state index in [0.29, 0.717) is 5.56 Å². The molecule has 0 saturated carbocycles. The maximum Gasteiger partial charge on any atom is 0.160 e. The van der Waals surface area contributed by atoms with Crippen LogP contribution in [0.25, 0.3) is 0 Å². The predicted octanol–water partition coefficient (Wildman–Crippen LogP) is 3.81. The van der Waals surface area contributed by atoms with Gasteiger partial charge in [0, 0.05) is 25.5 Å². The Bertz CT molecular complexity index is 820. The molecule has 0 amide bonds. The Morgan fingerprint density at radius 2 is 1.88 bits per heavy atom. The Morgan fingerprint density at radius 3 is 2.62 bits per heavy atom. The summed E-state index contributed by atoms with van der Waals surface area (Å²) in [7, 11) is 0. The average Bonchev–Trinajstić information content (AvgIpc) is 2.60. The minimum Gasteiger partial charge on any atom is -0.356 e. The molecule has 0 atom stereocenters. The number of nitrogens with zero attached hydrogens (tertiary/aromatic N) is 3. The van der Waals surface area contributed by atoms with E-state index in [1.165, 1.54) is 11.1 Å². The second kappa shape index (κ2) is 7.27. The van der Waals surface area contributed by atoms with E-state index in [9.17, 15) is 4.39 Å². The average molecular weight is 321 g/mol. The molecule has 1 aliphatic heterocycles. The Morgan fingerprint density at radius 1 is 1.08 bits per heavy atom. The van der Waals surface area contributed by atoms with Crippen LogP contribution in [0, 0.1) is 31.5 Å². The largest absolute Gasteiger partial charge is 0.356 e. The summed E-state index contributed by atoms with van der Waals surface area (Å²) < 4.78 is 13.8. The maximum atomic E-state index is 13.8. The molecule has 122 valence electrons. The first-order valence-electron chi connectivity index (χ1n) is 8.12. The van der Waals surface area contributed by atoms with Crippen LogP contribution in [0.4, 0.5) is 10.2 Å². The summed E-state index contributed by atoms with van der Waals surface area (Å²) in [5.41, 5.74) is 3.28. The molecule has 2 aromatic heterocycles. The minimum absolute atomic E-state index is 0.216. The lowest BCUT2D eigenvalue weighted by Crippen LogP contribution is -2.31. The number of hydrogen-bond donors (Lipinski definition) is 0. The van der Waals surface area contributed by atoms with Crippen LogP contribution in [0.3, 0.4) is 0 Å². The van der Waals surface area contributed by atoms with Gasteiger partial charge in [-0.05, 0) is 61.9 Å². The van der Waals surface area contributed by atoms with Crippen LogP contribution in [-0.2, 0) is 0 Å². The zero-order chi connectivity index (χ0) is 16.9. The predicted molar refractivity (Wildman–Crippen MR) is 94.3 cm³/mol. The summed E-state index contributed by atoms with van der Waals surface area (Å²) in [6.45, 7) is 5.67. The summed E-state index contributed by atoms with van der Waals surface area (Å²) in [5.74, 6) is 6.51. The van der Waals surface area contributed by atoms with Crippen LogP contribution < -0.4 is 4.90 Å². The van der Waals surface area contributed by atoms with E-state index >= 15 is 0 Å². The molecule has 1 fully saturated rings. The number of allylic oxidation sites excluding steroid dienone is 1. The number of halogens is 1. The number of aromatic nitrogens is 2. The highest BCUT2D eigenvalue weighted by molar-refractivity contribution is 5.47. The van der Waals surface area contributed by atoms with Gasteiger partial charge in [-0.3, -0.25) is 0 Å². The SMILES string of the molecule is Cc1cccnc1N1CCC(=CC#Cc2nccc(C)c2F)CC1. The van der Waals surface area contributed by atoms with Gasteiger partial charge in [0.1, 0.15) is 11.5 Å². The van der Waals surface area contributed by atoms with Crippen molar-refractivity contribution in [2.24, 2.45) is 0 Å². The highest BCUT2D eigenvalue weighted by Crippen LogP contribution is 2.23. The highest BCUT2D eigenvalue weighted by atomic mass is 19.1. The van der Waals surface area contributed by atoms with Crippen LogP contribution in [0.1, 0.15) is 29.7 Å². The van der Waals surface area contributed by atoms with Crippen LogP contribution in [-0.4, -0.2) is 23.1 Å². The highest BCUT2D eigenvalue weighted by Gasteiger charge is 2.16. The first kappa shape index (κ1) is 16.2. The number of anilines is 1. The zero-order valence-corrected chi connectivity index (χ0v) is 14.0. The lowest BCUT2D eigenvalue weighted by molar-refractivity contribution is 0.607. The van der Waals surface area contributed by atoms with Gasteiger partial charge in [0.2, 0.25) is 0 Å². The fourth-order valence-electron chi connectivity index (χ4n) is 2.79. The summed E-state index contributed by atoms with van der Waals surface area (Å²) in [6.07, 6.45) is 7.24. The molecule has 3 rings (SSSR count). The van der Waals surface area contributed by atoms with Crippen LogP contribution >= 0.6 is 0 Å². The van der Waals surface area contributed by atoms with E-state index in [1.54, 1.807) is 19.2 Å². The third-order valence-corrected chi connectivity index (χ3v) is 4.24. The molecule has 3 nitrogen and oxygen atoms in total. The smallest absolute Gasteiger partial charge is 0.160 e. The van der Waals surface area contributed by atoms with E-state index in [-0.39, 0.29) is 11.5 Å². The number of hydrogen-bond acceptors (Lipinski definition) is 3. The zero-order valence-electron chi connectivity index (χ0n) is 14.0. The van der Waals surface area contributed by atoms with Crippen LogP contribution in [0.2, 0.25) is 0 Å². The van der Waals surface area contributed by atoms with Crippen molar-refractivity contribution in [3.05, 3.63) is 64.9 Å². The molecule has 0 aliphatic carbocycles. The van der Waals surface area contributed by atoms with Crippen LogP contribution in [0.5, 0.6) is 0 Å². The van der Waals surface area contributed by atoms with Gasteiger partial charge in [0.25, 0.3) is 0 Å². The Labute approximate surface area is 142 Å². The summed E-state index contributed by atoms with van der Waals surface area (Å²) in [6, 6.07) is 5.69. The summed E-state index contributed by atoms with van der Waals surface area (Å²) in [5, 5.41) is 0. The van der Waals surface area contributed by atoms with Gasteiger partial charge < -0.3 is 4.90 Å². The van der Waals surface area contributed by atoms with Gasteiger partial charge in [-0.15, -0.1) is 0 Å². The van der Waals surface area contributed by atoms with Gasteiger partial charge in [-0.25, -0.2) is 14.4 Å². The molecule has 4 heteroatoms. The minimum atomic E-state index is -0.330. The second-order valence-corrected chi connectivity index (χ2v) is 5.99. The fraction of sp³-hybridized carbons (Fsp3) is 0.300. The van der Waals surface area contributed by atoms with Crippen molar-refractivity contribution in [3.63, 3.8) is 0 Å². The Kier molecular flexibility index (Phi) is 4.90. The topological polar surface area (TPSA) is 29.0 Å². The van der Waals surface area contributed by atoms with Crippen molar-refractivity contribution in [1.82, 2.24) is 9.97 Å². The number of rotatable bonds is 1. The van der Waals surface area contributed by atoms with E-state index < -0.39 is 0 Å². The van der Waals surface area contributed by atoms with E-state index in [4.69, 9.17) is 0 Å². The number of pyridine rings is 2. The third kappa shape index (κ3) is 3.62. The molecule has 0 bridgehead atoms. The first-order valence-corrected chi connectivity index (χ1v) is 8.12. The van der Waals surface area contributed by atoms with Crippen LogP contribution in [0.15, 0.2) is 42.2 Å². The van der Waals surface area contributed by atoms with Crippen molar-refractivity contribution in [1.29, 1.82) is 0 Å². The molecule has 3 heterocycles. The summed E-state index contributed by atoms with van der Waals surface area (Å²) in [4.78, 5) is 10.8. The molecular formula is C20H20FN3. The molecule has 0 unspecified atom stereocenters. The fourth-order valence-corrected chi connectivity index (χ4v) is 2.79. The molecular weight excluding hydrogens is 301 g/mol. The van der Waals surface area contributed by atoms with Gasteiger partial charge in [-0.2, -0.15) is 0 Å². The molecule has 1 aliphatic rings. The molecule has 0 radical (unpaired) electrons. The van der Waals surface area contributed by atoms with Gasteiger partial charge in [-0.1, -0.05) is 17.6 Å². The molecule has 0 N–H and O–H groups in total. The second-order valence-electron chi connectivity index (χ2n) is 5.99. The van der Waals surface area contributed by atoms with E-state index in [0.717, 1.165) is 31.7 Å². The molecule has 0 aromatic carbocycles. The summed E-state index contributed by atoms with van der Waals surface area (Å²) >= 11 is 0. The van der Waals surface area contributed by atoms with Crippen molar-refractivity contribution >= 4 is 5.82 Å². The molecule has 1 saturated heterocycles. The number of piperidine rings is 1. The maximum absolute atomic E-state index is 13.8. The monoisotopic (exact) mass is 321 g/mol. The van der Waals surface area contributed by atoms with E-state index in [1.807, 2.05) is 18.3 Å². The Hall–Kier alpha value is -2.67. The van der Waals surface area contributed by atoms with Crippen molar-refractivity contribution in [3.8, 4) is 11.8 Å². The quantitative estimate of drug-likeness (QED) is 0.748. The normalized spacial score (nSPS) is 14.1. The molecule has 24 heavy (non-hydrogen) atoms. The Balaban J connectivity index is 1.65. The molecule has 0 spiro atoms. The first-order chi connectivity index (χ1) is 11.6. The third-order valence-electron chi connectivity index (χ3n) is 4.24. The van der Waals surface area contributed by atoms with Crippen molar-refractivity contribution in [2.45, 2.75) is 26.7 Å². The lowest BCUT2D eigenvalue weighted by atomic mass is 10.0. The van der Waals surface area contributed by atoms with Gasteiger partial charge in [0.05, 0.1) is 0 Å². The van der Waals surface area contributed by atoms with Gasteiger partial charge in [0.15, 0.2) is 5.82 Å². The number of aryl methyl sites for hydroxylation is 2. The molecule has 2 aromatic rings. The van der Waals surface area contributed by atoms with Gasteiger partial charge >= 0.3 is 0 Å². The van der Waals surface area contributed by atoms with E-state index in [2.05, 4.69) is 39.7 Å².